The number of thioether (sulfide) groups is 1. The molecular formula is C14H10O2S. The fourth-order valence-electron chi connectivity index (χ4n) is 2.27. The Kier molecular flexibility index (Phi) is 2.23. The first-order valence-corrected chi connectivity index (χ1v) is 6.50. The van der Waals surface area contributed by atoms with Crippen LogP contribution < -0.4 is 5.43 Å². The van der Waals surface area contributed by atoms with E-state index in [1.807, 2.05) is 36.6 Å². The molecule has 2 nitrogen and oxygen atoms in total. The molecule has 0 heterocycles. The molecule has 17 heavy (non-hydrogen) atoms. The van der Waals surface area contributed by atoms with E-state index in [9.17, 15) is 9.90 Å². The van der Waals surface area contributed by atoms with E-state index in [-0.39, 0.29) is 11.2 Å². The summed E-state index contributed by atoms with van der Waals surface area (Å²) in [7, 11) is 0. The lowest BCUT2D eigenvalue weighted by Gasteiger charge is -2.03. The van der Waals surface area contributed by atoms with E-state index in [2.05, 4.69) is 0 Å². The van der Waals surface area contributed by atoms with E-state index in [4.69, 9.17) is 0 Å². The predicted octanol–water partition coefficient (Wildman–Crippen LogP) is 3.22. The highest BCUT2D eigenvalue weighted by Crippen LogP contribution is 2.35. The zero-order valence-corrected chi connectivity index (χ0v) is 10.0. The normalized spacial score (nSPS) is 11.4. The fraction of sp³-hybridized carbons (Fsp3) is 0.0714. The Morgan fingerprint density at radius 2 is 1.82 bits per heavy atom. The first kappa shape index (κ1) is 10.4. The van der Waals surface area contributed by atoms with Crippen LogP contribution in [0.1, 0.15) is 0 Å². The summed E-state index contributed by atoms with van der Waals surface area (Å²) in [5.74, 6) is -0.136. The van der Waals surface area contributed by atoms with Crippen LogP contribution >= 0.6 is 11.8 Å². The fourth-order valence-corrected chi connectivity index (χ4v) is 2.94. The van der Waals surface area contributed by atoms with E-state index < -0.39 is 0 Å². The monoisotopic (exact) mass is 242 g/mol. The summed E-state index contributed by atoms with van der Waals surface area (Å²) >= 11 is 1.38. The molecular weight excluding hydrogens is 232 g/mol. The van der Waals surface area contributed by atoms with Gasteiger partial charge in [0.2, 0.25) is 5.43 Å². The summed E-state index contributed by atoms with van der Waals surface area (Å²) in [5.41, 5.74) is -0.274. The van der Waals surface area contributed by atoms with Crippen LogP contribution in [0.4, 0.5) is 0 Å². The zero-order chi connectivity index (χ0) is 12.0. The van der Waals surface area contributed by atoms with Gasteiger partial charge in [-0.05, 0) is 17.7 Å². The molecule has 0 saturated heterocycles. The summed E-state index contributed by atoms with van der Waals surface area (Å²) in [4.78, 5) is 12.6. The van der Waals surface area contributed by atoms with Crippen molar-refractivity contribution in [3.63, 3.8) is 0 Å². The highest BCUT2D eigenvalue weighted by Gasteiger charge is 2.15. The molecule has 0 radical (unpaired) electrons. The Morgan fingerprint density at radius 3 is 2.59 bits per heavy atom. The lowest BCUT2D eigenvalue weighted by molar-refractivity contribution is 0.475. The van der Waals surface area contributed by atoms with E-state index in [0.29, 0.717) is 10.3 Å². The van der Waals surface area contributed by atoms with Crippen LogP contribution in [0.2, 0.25) is 0 Å². The molecule has 0 unspecified atom stereocenters. The van der Waals surface area contributed by atoms with E-state index >= 15 is 0 Å². The maximum absolute atomic E-state index is 12.0. The van der Waals surface area contributed by atoms with Gasteiger partial charge in [0.25, 0.3) is 0 Å². The minimum atomic E-state index is -0.274. The second-order valence-corrected chi connectivity index (χ2v) is 4.74. The molecule has 0 aromatic heterocycles. The number of phenols is 1. The molecule has 3 rings (SSSR count). The lowest BCUT2D eigenvalue weighted by atomic mass is 10.1. The van der Waals surface area contributed by atoms with Gasteiger partial charge >= 0.3 is 0 Å². The van der Waals surface area contributed by atoms with Crippen LogP contribution in [0.15, 0.2) is 46.1 Å². The number of aromatic hydroxyl groups is 1. The number of hydrogen-bond acceptors (Lipinski definition) is 3. The highest BCUT2D eigenvalue weighted by atomic mass is 32.2. The Labute approximate surface area is 102 Å². The molecule has 0 fully saturated rings. The van der Waals surface area contributed by atoms with Gasteiger partial charge in [-0.3, -0.25) is 4.79 Å². The quantitative estimate of drug-likeness (QED) is 0.666. The van der Waals surface area contributed by atoms with Crippen LogP contribution in [-0.4, -0.2) is 11.4 Å². The summed E-state index contributed by atoms with van der Waals surface area (Å²) in [6.07, 6.45) is 1.85. The van der Waals surface area contributed by atoms with Gasteiger partial charge < -0.3 is 5.11 Å². The van der Waals surface area contributed by atoms with Crippen LogP contribution in [0.3, 0.4) is 0 Å². The number of benzene rings is 1. The highest BCUT2D eigenvalue weighted by molar-refractivity contribution is 7.98. The molecule has 0 aliphatic rings. The summed E-state index contributed by atoms with van der Waals surface area (Å²) in [6.45, 7) is 0. The van der Waals surface area contributed by atoms with Gasteiger partial charge in [-0.2, -0.15) is 0 Å². The van der Waals surface area contributed by atoms with Crippen molar-refractivity contribution in [1.82, 2.24) is 0 Å². The molecule has 0 aliphatic heterocycles. The van der Waals surface area contributed by atoms with Gasteiger partial charge in [-0.25, -0.2) is 0 Å². The van der Waals surface area contributed by atoms with Gasteiger partial charge in [0, 0.05) is 16.2 Å². The molecule has 3 aromatic rings. The molecule has 0 atom stereocenters. The average molecular weight is 242 g/mol. The van der Waals surface area contributed by atoms with Gasteiger partial charge in [0.1, 0.15) is 0 Å². The first-order valence-electron chi connectivity index (χ1n) is 5.28. The average Bonchev–Trinajstić information content (AvgIpc) is 2.64. The molecule has 0 amide bonds. The van der Waals surface area contributed by atoms with Gasteiger partial charge in [-0.15, -0.1) is 11.8 Å². The van der Waals surface area contributed by atoms with Crippen LogP contribution in [0.25, 0.3) is 21.5 Å². The SMILES string of the molecule is CSc1c(=O)c(O)c2ccc3ccccc1c32. The van der Waals surface area contributed by atoms with Crippen molar-refractivity contribution in [2.75, 3.05) is 6.26 Å². The smallest absolute Gasteiger partial charge is 0.234 e. The number of phenolic OH excluding ortho intramolecular Hbond substituents is 1. The van der Waals surface area contributed by atoms with E-state index in [1.165, 1.54) is 11.8 Å². The summed E-state index contributed by atoms with van der Waals surface area (Å²) in [6, 6.07) is 11.5. The molecule has 3 aromatic carbocycles. The standard InChI is InChI=1S/C14H10O2S/c1-17-14-10-5-3-2-4-8-6-7-9(11(8)10)12(15)13(14)16/h2-7,15H,1H3. The maximum Gasteiger partial charge on any atom is 0.234 e. The molecule has 3 heteroatoms. The third-order valence-electron chi connectivity index (χ3n) is 3.03. The topological polar surface area (TPSA) is 37.3 Å². The number of rotatable bonds is 1. The van der Waals surface area contributed by atoms with Crippen molar-refractivity contribution in [3.8, 4) is 5.75 Å². The Hall–Kier alpha value is -1.74. The van der Waals surface area contributed by atoms with Gasteiger partial charge in [0.05, 0.1) is 4.90 Å². The summed E-state index contributed by atoms with van der Waals surface area (Å²) < 4.78 is 0. The largest absolute Gasteiger partial charge is 0.504 e. The van der Waals surface area contributed by atoms with Crippen LogP contribution in [0, 0.1) is 0 Å². The second-order valence-electron chi connectivity index (χ2n) is 3.92. The van der Waals surface area contributed by atoms with Crippen molar-refractivity contribution in [2.24, 2.45) is 0 Å². The van der Waals surface area contributed by atoms with Crippen molar-refractivity contribution in [3.05, 3.63) is 46.6 Å². The third kappa shape index (κ3) is 1.32. The van der Waals surface area contributed by atoms with Crippen molar-refractivity contribution in [2.45, 2.75) is 4.90 Å². The first-order chi connectivity index (χ1) is 8.24. The Bertz CT molecular complexity index is 765. The van der Waals surface area contributed by atoms with Crippen LogP contribution in [0.5, 0.6) is 5.75 Å². The minimum absolute atomic E-state index is 0.136. The maximum atomic E-state index is 12.0. The predicted molar refractivity (Wildman–Crippen MR) is 72.4 cm³/mol. The molecule has 0 bridgehead atoms. The summed E-state index contributed by atoms with van der Waals surface area (Å²) in [5, 5.41) is 13.5. The van der Waals surface area contributed by atoms with E-state index in [0.717, 1.165) is 16.2 Å². The molecule has 84 valence electrons. The Morgan fingerprint density at radius 1 is 1.06 bits per heavy atom. The van der Waals surface area contributed by atoms with Crippen molar-refractivity contribution in [1.29, 1.82) is 0 Å². The van der Waals surface area contributed by atoms with Crippen LogP contribution in [-0.2, 0) is 0 Å². The van der Waals surface area contributed by atoms with Gasteiger partial charge in [-0.1, -0.05) is 30.3 Å². The number of hydrogen-bond donors (Lipinski definition) is 1. The molecule has 0 aliphatic carbocycles. The molecule has 0 spiro atoms. The second kappa shape index (κ2) is 3.64. The zero-order valence-electron chi connectivity index (χ0n) is 9.23. The van der Waals surface area contributed by atoms with Crippen molar-refractivity contribution >= 4 is 33.3 Å². The molecule has 0 saturated carbocycles. The third-order valence-corrected chi connectivity index (χ3v) is 3.85. The Balaban J connectivity index is 2.74. The van der Waals surface area contributed by atoms with Gasteiger partial charge in [0.15, 0.2) is 5.75 Å². The van der Waals surface area contributed by atoms with Crippen molar-refractivity contribution < 1.29 is 5.11 Å². The minimum Gasteiger partial charge on any atom is -0.504 e. The molecule has 1 N–H and O–H groups in total. The van der Waals surface area contributed by atoms with E-state index in [1.54, 1.807) is 6.07 Å². The lowest BCUT2D eigenvalue weighted by Crippen LogP contribution is -2.03.